The molecule has 106 valence electrons. The molecule has 7 heteroatoms. The van der Waals surface area contributed by atoms with Crippen molar-refractivity contribution in [2.45, 2.75) is 26.5 Å². The van der Waals surface area contributed by atoms with E-state index in [1.165, 1.54) is 0 Å². The van der Waals surface area contributed by atoms with E-state index in [0.717, 1.165) is 5.56 Å². The van der Waals surface area contributed by atoms with Crippen LogP contribution in [0.3, 0.4) is 0 Å². The molecule has 1 aromatic heterocycles. The Labute approximate surface area is 121 Å². The van der Waals surface area contributed by atoms with Gasteiger partial charge in [0.25, 0.3) is 0 Å². The van der Waals surface area contributed by atoms with E-state index in [1.807, 2.05) is 19.9 Å². The fraction of sp³-hybridized carbons (Fsp3) is 0.308. The molecule has 6 nitrogen and oxygen atoms in total. The number of nitrogens with zero attached hydrogens (tertiary/aromatic N) is 3. The van der Waals surface area contributed by atoms with Crippen LogP contribution in [0.2, 0.25) is 5.28 Å². The summed E-state index contributed by atoms with van der Waals surface area (Å²) in [5, 5.41) is 12.7. The molecule has 20 heavy (non-hydrogen) atoms. The van der Waals surface area contributed by atoms with E-state index in [9.17, 15) is 5.11 Å². The third kappa shape index (κ3) is 3.96. The topological polar surface area (TPSA) is 80.2 Å². The summed E-state index contributed by atoms with van der Waals surface area (Å²) in [6.07, 6.45) is -0.0560. The Morgan fingerprint density at radius 2 is 2.00 bits per heavy atom. The van der Waals surface area contributed by atoms with Gasteiger partial charge in [0.1, 0.15) is 5.75 Å². The molecule has 0 aliphatic rings. The predicted octanol–water partition coefficient (Wildman–Crippen LogP) is 2.63. The van der Waals surface area contributed by atoms with Crippen LogP contribution in [0.1, 0.15) is 19.4 Å². The zero-order chi connectivity index (χ0) is 14.5. The first-order chi connectivity index (χ1) is 9.54. The van der Waals surface area contributed by atoms with Crippen molar-refractivity contribution in [1.29, 1.82) is 0 Å². The van der Waals surface area contributed by atoms with Crippen molar-refractivity contribution in [2.75, 3.05) is 5.32 Å². The van der Waals surface area contributed by atoms with Crippen LogP contribution >= 0.6 is 11.6 Å². The van der Waals surface area contributed by atoms with Crippen LogP contribution in [-0.4, -0.2) is 26.2 Å². The number of phenolic OH excluding ortho intramolecular Hbond substituents is 1. The number of hydrogen-bond acceptors (Lipinski definition) is 6. The molecular formula is C13H15ClN4O2. The van der Waals surface area contributed by atoms with E-state index in [1.54, 1.807) is 18.2 Å². The Balaban J connectivity index is 2.09. The van der Waals surface area contributed by atoms with E-state index >= 15 is 0 Å². The summed E-state index contributed by atoms with van der Waals surface area (Å²) in [5.74, 6) is 0.503. The number of hydrogen-bond donors (Lipinski definition) is 2. The molecule has 2 N–H and O–H groups in total. The molecule has 2 rings (SSSR count). The zero-order valence-corrected chi connectivity index (χ0v) is 11.9. The first-order valence-electron chi connectivity index (χ1n) is 6.13. The lowest BCUT2D eigenvalue weighted by Crippen LogP contribution is -2.11. The molecule has 0 fully saturated rings. The summed E-state index contributed by atoms with van der Waals surface area (Å²) in [6.45, 7) is 4.10. The van der Waals surface area contributed by atoms with Crippen LogP contribution in [0.4, 0.5) is 5.95 Å². The summed E-state index contributed by atoms with van der Waals surface area (Å²) >= 11 is 5.81. The fourth-order valence-corrected chi connectivity index (χ4v) is 1.66. The van der Waals surface area contributed by atoms with Crippen LogP contribution in [-0.2, 0) is 6.54 Å². The van der Waals surface area contributed by atoms with Gasteiger partial charge in [-0.15, -0.1) is 0 Å². The summed E-state index contributed by atoms with van der Waals surface area (Å²) in [5.41, 5.74) is 0.732. The van der Waals surface area contributed by atoms with Gasteiger partial charge in [-0.3, -0.25) is 0 Å². The number of anilines is 1. The second-order valence-corrected chi connectivity index (χ2v) is 4.70. The van der Waals surface area contributed by atoms with Crippen molar-refractivity contribution in [3.8, 4) is 11.8 Å². The highest BCUT2D eigenvalue weighted by atomic mass is 35.5. The second kappa shape index (κ2) is 6.38. The van der Waals surface area contributed by atoms with E-state index in [2.05, 4.69) is 20.3 Å². The third-order valence-corrected chi connectivity index (χ3v) is 2.53. The minimum atomic E-state index is -0.0560. The number of halogens is 1. The highest BCUT2D eigenvalue weighted by Gasteiger charge is 2.08. The maximum Gasteiger partial charge on any atom is 0.322 e. The normalized spacial score (nSPS) is 10.6. The highest BCUT2D eigenvalue weighted by molar-refractivity contribution is 6.28. The molecule has 1 heterocycles. The van der Waals surface area contributed by atoms with Gasteiger partial charge >= 0.3 is 6.01 Å². The fourth-order valence-electron chi connectivity index (χ4n) is 1.51. The van der Waals surface area contributed by atoms with Crippen molar-refractivity contribution >= 4 is 17.5 Å². The number of phenols is 1. The highest BCUT2D eigenvalue weighted by Crippen LogP contribution is 2.18. The van der Waals surface area contributed by atoms with Crippen LogP contribution in [0.25, 0.3) is 0 Å². The first-order valence-corrected chi connectivity index (χ1v) is 6.51. The standard InChI is InChI=1S/C13H15ClN4O2/c1-8(2)20-13-17-11(14)16-12(18-13)15-7-9-5-3-4-6-10(9)19/h3-6,8,19H,7H2,1-2H3,(H,15,16,17,18). The zero-order valence-electron chi connectivity index (χ0n) is 11.2. The average Bonchev–Trinajstić information content (AvgIpc) is 2.36. The van der Waals surface area contributed by atoms with Crippen LogP contribution in [0, 0.1) is 0 Å². The molecule has 0 amide bonds. The monoisotopic (exact) mass is 294 g/mol. The number of para-hydroxylation sites is 1. The molecule has 2 aromatic rings. The van der Waals surface area contributed by atoms with Gasteiger partial charge in [0.2, 0.25) is 11.2 Å². The summed E-state index contributed by atoms with van der Waals surface area (Å²) in [7, 11) is 0. The van der Waals surface area contributed by atoms with Gasteiger partial charge < -0.3 is 15.2 Å². The second-order valence-electron chi connectivity index (χ2n) is 4.36. The van der Waals surface area contributed by atoms with Gasteiger partial charge in [-0.25, -0.2) is 0 Å². The van der Waals surface area contributed by atoms with Gasteiger partial charge in [0.15, 0.2) is 0 Å². The van der Waals surface area contributed by atoms with Crippen molar-refractivity contribution in [3.05, 3.63) is 35.1 Å². The van der Waals surface area contributed by atoms with E-state index in [-0.39, 0.29) is 23.1 Å². The minimum Gasteiger partial charge on any atom is -0.508 e. The molecule has 0 saturated carbocycles. The van der Waals surface area contributed by atoms with E-state index < -0.39 is 0 Å². The van der Waals surface area contributed by atoms with Crippen molar-refractivity contribution in [3.63, 3.8) is 0 Å². The van der Waals surface area contributed by atoms with Crippen LogP contribution < -0.4 is 10.1 Å². The molecule has 0 aliphatic carbocycles. The van der Waals surface area contributed by atoms with Crippen LogP contribution in [0.5, 0.6) is 11.8 Å². The molecule has 0 spiro atoms. The van der Waals surface area contributed by atoms with Crippen molar-refractivity contribution in [2.24, 2.45) is 0 Å². The quantitative estimate of drug-likeness (QED) is 0.882. The van der Waals surface area contributed by atoms with E-state index in [4.69, 9.17) is 16.3 Å². The number of benzene rings is 1. The molecule has 0 unspecified atom stereocenters. The lowest BCUT2D eigenvalue weighted by atomic mass is 10.2. The average molecular weight is 295 g/mol. The first kappa shape index (κ1) is 14.3. The lowest BCUT2D eigenvalue weighted by molar-refractivity contribution is 0.222. The van der Waals surface area contributed by atoms with Crippen molar-refractivity contribution < 1.29 is 9.84 Å². The Morgan fingerprint density at radius 1 is 1.25 bits per heavy atom. The smallest absolute Gasteiger partial charge is 0.322 e. The van der Waals surface area contributed by atoms with Gasteiger partial charge in [0.05, 0.1) is 6.10 Å². The maximum absolute atomic E-state index is 9.67. The molecular weight excluding hydrogens is 280 g/mol. The molecule has 1 aromatic carbocycles. The molecule has 0 radical (unpaired) electrons. The number of nitrogens with one attached hydrogen (secondary N) is 1. The summed E-state index contributed by atoms with van der Waals surface area (Å²) in [6, 6.07) is 7.18. The lowest BCUT2D eigenvalue weighted by Gasteiger charge is -2.10. The minimum absolute atomic E-state index is 0.0513. The summed E-state index contributed by atoms with van der Waals surface area (Å²) < 4.78 is 5.38. The van der Waals surface area contributed by atoms with Crippen molar-refractivity contribution in [1.82, 2.24) is 15.0 Å². The Morgan fingerprint density at radius 3 is 2.70 bits per heavy atom. The Kier molecular flexibility index (Phi) is 4.57. The Bertz CT molecular complexity index is 592. The molecule has 0 aliphatic heterocycles. The number of ether oxygens (including phenoxy) is 1. The largest absolute Gasteiger partial charge is 0.508 e. The molecule has 0 bridgehead atoms. The Hall–Kier alpha value is -2.08. The summed E-state index contributed by atoms with van der Waals surface area (Å²) in [4.78, 5) is 11.9. The van der Waals surface area contributed by atoms with Gasteiger partial charge in [-0.2, -0.15) is 15.0 Å². The van der Waals surface area contributed by atoms with Gasteiger partial charge in [-0.1, -0.05) is 18.2 Å². The SMILES string of the molecule is CC(C)Oc1nc(Cl)nc(NCc2ccccc2O)n1. The maximum atomic E-state index is 9.67. The van der Waals surface area contributed by atoms with Gasteiger partial charge in [-0.05, 0) is 31.5 Å². The predicted molar refractivity (Wildman–Crippen MR) is 76.0 cm³/mol. The van der Waals surface area contributed by atoms with E-state index in [0.29, 0.717) is 12.5 Å². The van der Waals surface area contributed by atoms with Crippen LogP contribution in [0.15, 0.2) is 24.3 Å². The van der Waals surface area contributed by atoms with Gasteiger partial charge in [0, 0.05) is 12.1 Å². The number of rotatable bonds is 5. The number of aromatic nitrogens is 3. The molecule has 0 saturated heterocycles. The molecule has 0 atom stereocenters. The number of aromatic hydroxyl groups is 1. The third-order valence-electron chi connectivity index (χ3n) is 2.36.